The third-order valence-corrected chi connectivity index (χ3v) is 1.61. The first-order valence-electron chi connectivity index (χ1n) is 4.78. The van der Waals surface area contributed by atoms with Crippen LogP contribution in [0.5, 0.6) is 0 Å². The third-order valence-electron chi connectivity index (χ3n) is 1.61. The van der Waals surface area contributed by atoms with Crippen molar-refractivity contribution in [3.8, 4) is 0 Å². The zero-order valence-electron chi connectivity index (χ0n) is 8.56. The molecule has 0 amide bonds. The highest BCUT2D eigenvalue weighted by Crippen LogP contribution is 1.93. The van der Waals surface area contributed by atoms with E-state index < -0.39 is 0 Å². The van der Waals surface area contributed by atoms with Crippen LogP contribution >= 0.6 is 0 Å². The molecule has 0 atom stereocenters. The number of ether oxygens (including phenoxy) is 1. The molecule has 0 aromatic carbocycles. The Kier molecular flexibility index (Phi) is 7.30. The van der Waals surface area contributed by atoms with Gasteiger partial charge in [-0.15, -0.1) is 0 Å². The Morgan fingerprint density at radius 1 is 1.46 bits per heavy atom. The molecule has 0 spiro atoms. The van der Waals surface area contributed by atoms with Crippen molar-refractivity contribution in [3.05, 3.63) is 12.2 Å². The fourth-order valence-corrected chi connectivity index (χ4v) is 0.846. The van der Waals surface area contributed by atoms with Gasteiger partial charge in [-0.25, -0.2) is 4.79 Å². The minimum atomic E-state index is -0.300. The largest absolute Gasteiger partial charge is 0.463 e. The summed E-state index contributed by atoms with van der Waals surface area (Å²) in [5.74, 6) is -0.300. The van der Waals surface area contributed by atoms with Crippen LogP contribution in [0.1, 0.15) is 26.7 Å². The number of hydrogen-bond donors (Lipinski definition) is 1. The molecule has 0 fully saturated rings. The van der Waals surface area contributed by atoms with Gasteiger partial charge in [-0.1, -0.05) is 19.9 Å². The lowest BCUT2D eigenvalue weighted by atomic mass is 10.3. The lowest BCUT2D eigenvalue weighted by molar-refractivity contribution is -0.138. The van der Waals surface area contributed by atoms with Crippen LogP contribution in [0.4, 0.5) is 0 Å². The molecule has 0 aliphatic rings. The van der Waals surface area contributed by atoms with Crippen LogP contribution in [0.3, 0.4) is 0 Å². The second kappa shape index (κ2) is 7.80. The van der Waals surface area contributed by atoms with E-state index >= 15 is 0 Å². The molecule has 0 bridgehead atoms. The van der Waals surface area contributed by atoms with Crippen LogP contribution in [0.25, 0.3) is 0 Å². The monoisotopic (exact) mass is 185 g/mol. The summed E-state index contributed by atoms with van der Waals surface area (Å²) in [7, 11) is 0. The molecule has 0 saturated carbocycles. The number of carbonyl (C=O) groups is 1. The maximum absolute atomic E-state index is 11.0. The maximum Gasteiger partial charge on any atom is 0.334 e. The Hall–Kier alpha value is -0.830. The third kappa shape index (κ3) is 6.34. The topological polar surface area (TPSA) is 38.3 Å². The van der Waals surface area contributed by atoms with Crippen molar-refractivity contribution in [3.63, 3.8) is 0 Å². The molecule has 3 nitrogen and oxygen atoms in total. The summed E-state index contributed by atoms with van der Waals surface area (Å²) in [6, 6.07) is 0. The van der Waals surface area contributed by atoms with Crippen LogP contribution in [-0.4, -0.2) is 25.7 Å². The van der Waals surface area contributed by atoms with Gasteiger partial charge in [0.15, 0.2) is 0 Å². The first kappa shape index (κ1) is 12.2. The van der Waals surface area contributed by atoms with E-state index in [2.05, 4.69) is 18.8 Å². The number of esters is 1. The van der Waals surface area contributed by atoms with E-state index in [1.807, 2.05) is 0 Å². The normalized spacial score (nSPS) is 9.69. The van der Waals surface area contributed by atoms with Crippen molar-refractivity contribution < 1.29 is 9.53 Å². The van der Waals surface area contributed by atoms with Gasteiger partial charge in [-0.3, -0.25) is 0 Å². The zero-order valence-corrected chi connectivity index (χ0v) is 8.56. The van der Waals surface area contributed by atoms with Crippen molar-refractivity contribution in [2.24, 2.45) is 0 Å². The molecule has 0 unspecified atom stereocenters. The highest BCUT2D eigenvalue weighted by molar-refractivity contribution is 5.88. The summed E-state index contributed by atoms with van der Waals surface area (Å²) in [4.78, 5) is 11.0. The van der Waals surface area contributed by atoms with E-state index in [1.165, 1.54) is 0 Å². The molecular weight excluding hydrogens is 166 g/mol. The van der Waals surface area contributed by atoms with Crippen molar-refractivity contribution in [1.29, 1.82) is 0 Å². The van der Waals surface area contributed by atoms with Gasteiger partial charge in [-0.2, -0.15) is 0 Å². The molecular formula is C10H19NO2. The number of rotatable bonds is 7. The van der Waals surface area contributed by atoms with E-state index in [0.717, 1.165) is 19.4 Å². The standard InChI is InChI=1S/C10H19NO2/c1-4-6-7-11-8-9(3)10(12)13-5-2/h11H,3-8H2,1-2H3. The molecule has 0 aliphatic heterocycles. The van der Waals surface area contributed by atoms with Gasteiger partial charge in [0.1, 0.15) is 0 Å². The number of unbranched alkanes of at least 4 members (excludes halogenated alkanes) is 1. The molecule has 0 radical (unpaired) electrons. The van der Waals surface area contributed by atoms with E-state index in [1.54, 1.807) is 6.92 Å². The molecule has 3 heteroatoms. The fourth-order valence-electron chi connectivity index (χ4n) is 0.846. The van der Waals surface area contributed by atoms with Gasteiger partial charge in [0.2, 0.25) is 0 Å². The molecule has 13 heavy (non-hydrogen) atoms. The Balaban J connectivity index is 3.44. The first-order chi connectivity index (χ1) is 6.22. The van der Waals surface area contributed by atoms with Crippen molar-refractivity contribution >= 4 is 5.97 Å². The molecule has 0 saturated heterocycles. The predicted octanol–water partition coefficient (Wildman–Crippen LogP) is 1.50. The van der Waals surface area contributed by atoms with Crippen LogP contribution in [0, 0.1) is 0 Å². The Labute approximate surface area is 80.2 Å². The number of hydrogen-bond acceptors (Lipinski definition) is 3. The Morgan fingerprint density at radius 3 is 2.69 bits per heavy atom. The molecule has 76 valence electrons. The molecule has 0 rings (SSSR count). The maximum atomic E-state index is 11.0. The highest BCUT2D eigenvalue weighted by Gasteiger charge is 2.05. The van der Waals surface area contributed by atoms with Crippen LogP contribution in [0.15, 0.2) is 12.2 Å². The number of nitrogens with one attached hydrogen (secondary N) is 1. The SMILES string of the molecule is C=C(CNCCCC)C(=O)OCC. The van der Waals surface area contributed by atoms with Crippen LogP contribution < -0.4 is 5.32 Å². The second-order valence-corrected chi connectivity index (χ2v) is 2.85. The Bertz CT molecular complexity index is 166. The lowest BCUT2D eigenvalue weighted by Crippen LogP contribution is -2.22. The summed E-state index contributed by atoms with van der Waals surface area (Å²) in [5.41, 5.74) is 0.498. The van der Waals surface area contributed by atoms with Crippen LogP contribution in [-0.2, 0) is 9.53 Å². The van der Waals surface area contributed by atoms with Gasteiger partial charge < -0.3 is 10.1 Å². The fraction of sp³-hybridized carbons (Fsp3) is 0.700. The number of carbonyl (C=O) groups excluding carboxylic acids is 1. The molecule has 1 N–H and O–H groups in total. The summed E-state index contributed by atoms with van der Waals surface area (Å²) in [6.45, 7) is 9.41. The van der Waals surface area contributed by atoms with Crippen molar-refractivity contribution in [2.45, 2.75) is 26.7 Å². The van der Waals surface area contributed by atoms with Gasteiger partial charge in [0.25, 0.3) is 0 Å². The quantitative estimate of drug-likeness (QED) is 0.371. The van der Waals surface area contributed by atoms with E-state index in [-0.39, 0.29) is 5.97 Å². The van der Waals surface area contributed by atoms with Gasteiger partial charge >= 0.3 is 5.97 Å². The molecule has 0 aromatic heterocycles. The predicted molar refractivity (Wildman–Crippen MR) is 53.6 cm³/mol. The summed E-state index contributed by atoms with van der Waals surface area (Å²) < 4.78 is 4.78. The van der Waals surface area contributed by atoms with Crippen molar-refractivity contribution in [2.75, 3.05) is 19.7 Å². The van der Waals surface area contributed by atoms with Gasteiger partial charge in [0.05, 0.1) is 6.61 Å². The van der Waals surface area contributed by atoms with Gasteiger partial charge in [0, 0.05) is 12.1 Å². The first-order valence-corrected chi connectivity index (χ1v) is 4.78. The summed E-state index contributed by atoms with van der Waals surface area (Å²) >= 11 is 0. The van der Waals surface area contributed by atoms with E-state index in [4.69, 9.17) is 4.74 Å². The van der Waals surface area contributed by atoms with Gasteiger partial charge in [-0.05, 0) is 19.9 Å². The lowest BCUT2D eigenvalue weighted by Gasteiger charge is -2.06. The van der Waals surface area contributed by atoms with Crippen LogP contribution in [0.2, 0.25) is 0 Å². The average molecular weight is 185 g/mol. The average Bonchev–Trinajstić information content (AvgIpc) is 2.12. The smallest absolute Gasteiger partial charge is 0.334 e. The molecule has 0 heterocycles. The molecule has 0 aliphatic carbocycles. The van der Waals surface area contributed by atoms with E-state index in [9.17, 15) is 4.79 Å². The van der Waals surface area contributed by atoms with Crippen molar-refractivity contribution in [1.82, 2.24) is 5.32 Å². The Morgan fingerprint density at radius 2 is 2.15 bits per heavy atom. The minimum Gasteiger partial charge on any atom is -0.463 e. The summed E-state index contributed by atoms with van der Waals surface area (Å²) in [6.07, 6.45) is 2.27. The zero-order chi connectivity index (χ0) is 10.1. The van der Waals surface area contributed by atoms with E-state index in [0.29, 0.717) is 18.7 Å². The minimum absolute atomic E-state index is 0.300. The molecule has 0 aromatic rings. The summed E-state index contributed by atoms with van der Waals surface area (Å²) in [5, 5.41) is 3.13. The second-order valence-electron chi connectivity index (χ2n) is 2.85. The highest BCUT2D eigenvalue weighted by atomic mass is 16.5.